The maximum atomic E-state index is 13.3. The van der Waals surface area contributed by atoms with E-state index >= 15 is 0 Å². The molecule has 2 aromatic rings. The Morgan fingerprint density at radius 1 is 1.22 bits per heavy atom. The Hall–Kier alpha value is -3.32. The van der Waals surface area contributed by atoms with Gasteiger partial charge in [0, 0.05) is 13.1 Å². The molecule has 1 atom stereocenters. The van der Waals surface area contributed by atoms with Gasteiger partial charge in [0.25, 0.3) is 5.91 Å². The third-order valence-electron chi connectivity index (χ3n) is 5.63. The van der Waals surface area contributed by atoms with Crippen molar-refractivity contribution in [1.29, 1.82) is 0 Å². The Bertz CT molecular complexity index is 1000. The summed E-state index contributed by atoms with van der Waals surface area (Å²) in [6, 6.07) is 9.69. The minimum atomic E-state index is -0.718. The lowest BCUT2D eigenvalue weighted by molar-refractivity contribution is -0.129. The van der Waals surface area contributed by atoms with Crippen LogP contribution in [0.5, 0.6) is 5.75 Å². The first kappa shape index (κ1) is 23.3. The molecule has 0 radical (unpaired) electrons. The zero-order valence-electron chi connectivity index (χ0n) is 18.8. The van der Waals surface area contributed by atoms with Crippen LogP contribution in [0.15, 0.2) is 64.8 Å². The minimum Gasteiger partial charge on any atom is -0.503 e. The first-order valence-electron chi connectivity index (χ1n) is 10.8. The van der Waals surface area contributed by atoms with Crippen LogP contribution in [0.25, 0.3) is 0 Å². The van der Waals surface area contributed by atoms with E-state index in [9.17, 15) is 14.7 Å². The number of hydrogen-bond acceptors (Lipinski definition) is 6. The second kappa shape index (κ2) is 10.3. The Kier molecular flexibility index (Phi) is 7.53. The third kappa shape index (κ3) is 4.78. The fraction of sp³-hybridized carbons (Fsp3) is 0.360. The van der Waals surface area contributed by atoms with Gasteiger partial charge in [-0.2, -0.15) is 0 Å². The van der Waals surface area contributed by atoms with E-state index in [1.807, 2.05) is 0 Å². The first-order chi connectivity index (χ1) is 15.4. The summed E-state index contributed by atoms with van der Waals surface area (Å²) in [5, 5.41) is 10.7. The number of hydrogen-bond donors (Lipinski definition) is 1. The number of aliphatic hydroxyl groups is 1. The molecule has 1 amide bonds. The highest BCUT2D eigenvalue weighted by Crippen LogP contribution is 2.39. The van der Waals surface area contributed by atoms with Crippen molar-refractivity contribution in [3.05, 3.63) is 77.5 Å². The topological polar surface area (TPSA) is 83.2 Å². The summed E-state index contributed by atoms with van der Waals surface area (Å²) in [5.41, 5.74) is 0.739. The van der Waals surface area contributed by atoms with Gasteiger partial charge in [-0.3, -0.25) is 9.59 Å². The molecule has 2 heterocycles. The van der Waals surface area contributed by atoms with Crippen molar-refractivity contribution in [2.24, 2.45) is 0 Å². The molecule has 0 saturated heterocycles. The van der Waals surface area contributed by atoms with Crippen molar-refractivity contribution < 1.29 is 23.8 Å². The van der Waals surface area contributed by atoms with Gasteiger partial charge in [0.1, 0.15) is 18.1 Å². The lowest BCUT2D eigenvalue weighted by Gasteiger charge is -2.29. The predicted molar refractivity (Wildman–Crippen MR) is 122 cm³/mol. The first-order valence-corrected chi connectivity index (χ1v) is 10.8. The molecule has 3 rings (SSSR count). The molecule has 170 valence electrons. The number of ether oxygens (including phenoxy) is 1. The number of carbonyl (C=O) groups is 2. The van der Waals surface area contributed by atoms with Gasteiger partial charge in [-0.15, -0.1) is 0 Å². The Balaban J connectivity index is 1.98. The molecule has 0 unspecified atom stereocenters. The van der Waals surface area contributed by atoms with Gasteiger partial charge in [0.2, 0.25) is 5.78 Å². The van der Waals surface area contributed by atoms with Crippen LogP contribution < -0.4 is 4.74 Å². The minimum absolute atomic E-state index is 0.0312. The maximum Gasteiger partial charge on any atom is 0.290 e. The van der Waals surface area contributed by atoms with E-state index in [4.69, 9.17) is 9.15 Å². The lowest BCUT2D eigenvalue weighted by Crippen LogP contribution is -2.38. The largest absolute Gasteiger partial charge is 0.503 e. The van der Waals surface area contributed by atoms with Crippen LogP contribution >= 0.6 is 0 Å². The molecule has 0 fully saturated rings. The number of rotatable bonds is 11. The lowest BCUT2D eigenvalue weighted by atomic mass is 9.95. The van der Waals surface area contributed by atoms with Gasteiger partial charge in [0.05, 0.1) is 11.6 Å². The van der Waals surface area contributed by atoms with Gasteiger partial charge < -0.3 is 24.1 Å². The van der Waals surface area contributed by atoms with Crippen LogP contribution in [0, 0.1) is 6.92 Å². The van der Waals surface area contributed by atoms with E-state index in [2.05, 4.69) is 25.3 Å². The number of carbonyl (C=O) groups excluding carboxylic acids is 2. The summed E-state index contributed by atoms with van der Waals surface area (Å²) in [6.07, 6.45) is 1.65. The molecular formula is C25H30N2O5. The van der Waals surface area contributed by atoms with Crippen molar-refractivity contribution in [2.45, 2.75) is 26.8 Å². The zero-order valence-corrected chi connectivity index (χ0v) is 18.8. The van der Waals surface area contributed by atoms with Crippen LogP contribution in [0.3, 0.4) is 0 Å². The fourth-order valence-electron chi connectivity index (χ4n) is 3.84. The average Bonchev–Trinajstić information content (AvgIpc) is 3.34. The summed E-state index contributed by atoms with van der Waals surface area (Å²) < 4.78 is 11.0. The van der Waals surface area contributed by atoms with E-state index in [0.29, 0.717) is 36.8 Å². The molecule has 7 heteroatoms. The van der Waals surface area contributed by atoms with Gasteiger partial charge in [-0.25, -0.2) is 0 Å². The second-order valence-electron chi connectivity index (χ2n) is 7.60. The average molecular weight is 439 g/mol. The number of amides is 1. The summed E-state index contributed by atoms with van der Waals surface area (Å²) in [5.74, 6) is -0.252. The summed E-state index contributed by atoms with van der Waals surface area (Å²) >= 11 is 0. The maximum absolute atomic E-state index is 13.3. The van der Waals surface area contributed by atoms with Crippen LogP contribution in [0.2, 0.25) is 0 Å². The van der Waals surface area contributed by atoms with Crippen molar-refractivity contribution in [1.82, 2.24) is 9.80 Å². The van der Waals surface area contributed by atoms with Gasteiger partial charge in [-0.05, 0) is 49.8 Å². The van der Waals surface area contributed by atoms with Gasteiger partial charge >= 0.3 is 0 Å². The van der Waals surface area contributed by atoms with Gasteiger partial charge in [0.15, 0.2) is 11.5 Å². The van der Waals surface area contributed by atoms with E-state index in [-0.39, 0.29) is 11.3 Å². The highest BCUT2D eigenvalue weighted by Gasteiger charge is 2.44. The molecule has 1 aromatic heterocycles. The molecule has 1 aromatic carbocycles. The SMILES string of the molecule is C=CCOc1ccc([C@H]2C(C(=O)c3ccc(C)o3)=C(O)C(=O)N2CCN(CC)CC)cc1. The highest BCUT2D eigenvalue weighted by atomic mass is 16.5. The number of benzene rings is 1. The van der Waals surface area contributed by atoms with Crippen molar-refractivity contribution in [3.8, 4) is 5.75 Å². The number of Topliss-reactive ketones (excluding diaryl/α,β-unsaturated/α-hetero) is 1. The molecule has 0 bridgehead atoms. The fourth-order valence-corrected chi connectivity index (χ4v) is 3.84. The molecule has 0 aliphatic carbocycles. The predicted octanol–water partition coefficient (Wildman–Crippen LogP) is 4.07. The molecule has 32 heavy (non-hydrogen) atoms. The second-order valence-corrected chi connectivity index (χ2v) is 7.60. The molecule has 0 saturated carbocycles. The van der Waals surface area contributed by atoms with Crippen LogP contribution in [-0.2, 0) is 4.79 Å². The van der Waals surface area contributed by atoms with Crippen LogP contribution in [0.4, 0.5) is 0 Å². The Morgan fingerprint density at radius 3 is 2.47 bits per heavy atom. The number of furan rings is 1. The highest BCUT2D eigenvalue weighted by molar-refractivity contribution is 6.15. The normalized spacial score (nSPS) is 16.2. The van der Waals surface area contributed by atoms with E-state index in [0.717, 1.165) is 13.1 Å². The Morgan fingerprint density at radius 2 is 1.91 bits per heavy atom. The van der Waals surface area contributed by atoms with E-state index in [1.165, 1.54) is 0 Å². The molecule has 1 N–H and O–H groups in total. The van der Waals surface area contributed by atoms with Gasteiger partial charge in [-0.1, -0.05) is 38.6 Å². The summed E-state index contributed by atoms with van der Waals surface area (Å²) in [6.45, 7) is 12.5. The number of nitrogens with zero attached hydrogens (tertiary/aromatic N) is 2. The smallest absolute Gasteiger partial charge is 0.290 e. The molecule has 1 aliphatic heterocycles. The monoisotopic (exact) mass is 438 g/mol. The Labute approximate surface area is 188 Å². The third-order valence-corrected chi connectivity index (χ3v) is 5.63. The molecule has 0 spiro atoms. The van der Waals surface area contributed by atoms with Crippen LogP contribution in [0.1, 0.15) is 41.8 Å². The van der Waals surface area contributed by atoms with Crippen molar-refractivity contribution in [2.75, 3.05) is 32.8 Å². The van der Waals surface area contributed by atoms with E-state index in [1.54, 1.807) is 54.3 Å². The number of aryl methyl sites for hydroxylation is 1. The van der Waals surface area contributed by atoms with Crippen molar-refractivity contribution >= 4 is 11.7 Å². The summed E-state index contributed by atoms with van der Waals surface area (Å²) in [4.78, 5) is 30.0. The number of likely N-dealkylation sites (N-methyl/N-ethyl adjacent to an activating group) is 1. The van der Waals surface area contributed by atoms with Crippen molar-refractivity contribution in [3.63, 3.8) is 0 Å². The standard InChI is InChI=1S/C25H30N2O5/c1-5-16-31-19-11-9-18(10-12-19)22-21(23(28)20-13-8-17(4)32-20)24(29)25(30)27(22)15-14-26(6-2)7-3/h5,8-13,22,29H,1,6-7,14-16H2,2-4H3/t22-/m0/s1. The van der Waals surface area contributed by atoms with Crippen LogP contribution in [-0.4, -0.2) is 59.4 Å². The summed E-state index contributed by atoms with van der Waals surface area (Å²) in [7, 11) is 0. The molecular weight excluding hydrogens is 408 g/mol. The zero-order chi connectivity index (χ0) is 23.3. The molecule has 1 aliphatic rings. The van der Waals surface area contributed by atoms with E-state index < -0.39 is 23.5 Å². The number of ketones is 1. The molecule has 7 nitrogen and oxygen atoms in total. The quantitative estimate of drug-likeness (QED) is 0.421. The number of aliphatic hydroxyl groups excluding tert-OH is 1.